The number of hydrogen-bond acceptors (Lipinski definition) is 4. The molecule has 6 heteroatoms. The summed E-state index contributed by atoms with van der Waals surface area (Å²) in [6.45, 7) is 3.33. The van der Waals surface area contributed by atoms with Gasteiger partial charge in [-0.1, -0.05) is 30.3 Å². The Morgan fingerprint density at radius 1 is 1.11 bits per heavy atom. The van der Waals surface area contributed by atoms with E-state index in [4.69, 9.17) is 4.74 Å². The number of esters is 1. The molecule has 6 nitrogen and oxygen atoms in total. The highest BCUT2D eigenvalue weighted by molar-refractivity contribution is 5.85. The van der Waals surface area contributed by atoms with Crippen LogP contribution in [-0.2, 0) is 19.1 Å². The first-order chi connectivity index (χ1) is 13.0. The van der Waals surface area contributed by atoms with Crippen LogP contribution in [0.3, 0.4) is 0 Å². The van der Waals surface area contributed by atoms with Crippen LogP contribution in [0.25, 0.3) is 0 Å². The van der Waals surface area contributed by atoms with Crippen molar-refractivity contribution in [1.29, 1.82) is 0 Å². The molecule has 2 aliphatic rings. The van der Waals surface area contributed by atoms with Crippen LogP contribution in [-0.4, -0.2) is 54.3 Å². The summed E-state index contributed by atoms with van der Waals surface area (Å²) in [5.41, 5.74) is 0.993. The number of piperidine rings is 2. The van der Waals surface area contributed by atoms with Gasteiger partial charge in [-0.15, -0.1) is 0 Å². The monoisotopic (exact) mass is 372 g/mol. The van der Waals surface area contributed by atoms with Crippen LogP contribution < -0.4 is 0 Å². The van der Waals surface area contributed by atoms with E-state index in [0.29, 0.717) is 45.4 Å². The lowest BCUT2D eigenvalue weighted by atomic mass is 9.83. The number of amides is 2. The number of ether oxygens (including phenoxy) is 1. The summed E-state index contributed by atoms with van der Waals surface area (Å²) < 4.78 is 5.11. The van der Waals surface area contributed by atoms with Gasteiger partial charge < -0.3 is 14.5 Å². The van der Waals surface area contributed by atoms with Crippen molar-refractivity contribution in [2.24, 2.45) is 11.8 Å². The summed E-state index contributed by atoms with van der Waals surface area (Å²) in [6.07, 6.45) is 2.25. The SMILES string of the molecule is CCOC(=O)C1CCN(C(=O)C2CCC(=O)N(C)C2c2ccccc2)CC1. The number of carbonyl (C=O) groups excluding carboxylic acids is 3. The molecule has 0 N–H and O–H groups in total. The lowest BCUT2D eigenvalue weighted by Crippen LogP contribution is -2.49. The number of carbonyl (C=O) groups is 3. The highest BCUT2D eigenvalue weighted by atomic mass is 16.5. The number of rotatable bonds is 4. The fraction of sp³-hybridized carbons (Fsp3) is 0.571. The van der Waals surface area contributed by atoms with Gasteiger partial charge in [0.1, 0.15) is 0 Å². The van der Waals surface area contributed by atoms with Crippen LogP contribution in [0.2, 0.25) is 0 Å². The Bertz CT molecular complexity index is 683. The summed E-state index contributed by atoms with van der Waals surface area (Å²) in [7, 11) is 1.78. The van der Waals surface area contributed by atoms with E-state index in [9.17, 15) is 14.4 Å². The molecule has 0 saturated carbocycles. The summed E-state index contributed by atoms with van der Waals surface area (Å²) in [4.78, 5) is 41.0. The third kappa shape index (κ3) is 4.15. The normalized spacial score (nSPS) is 24.0. The summed E-state index contributed by atoms with van der Waals surface area (Å²) >= 11 is 0. The van der Waals surface area contributed by atoms with Crippen LogP contribution >= 0.6 is 0 Å². The minimum atomic E-state index is -0.241. The van der Waals surface area contributed by atoms with Crippen LogP contribution in [0.4, 0.5) is 0 Å². The molecule has 3 rings (SSSR count). The summed E-state index contributed by atoms with van der Waals surface area (Å²) in [6, 6.07) is 9.54. The molecule has 27 heavy (non-hydrogen) atoms. The molecule has 1 aromatic carbocycles. The highest BCUT2D eigenvalue weighted by Gasteiger charge is 2.41. The molecule has 0 radical (unpaired) electrons. The van der Waals surface area contributed by atoms with Crippen molar-refractivity contribution in [3.8, 4) is 0 Å². The molecular formula is C21H28N2O4. The number of nitrogens with zero attached hydrogens (tertiary/aromatic N) is 2. The van der Waals surface area contributed by atoms with E-state index in [1.807, 2.05) is 35.2 Å². The van der Waals surface area contributed by atoms with Crippen molar-refractivity contribution in [2.75, 3.05) is 26.7 Å². The van der Waals surface area contributed by atoms with Crippen molar-refractivity contribution < 1.29 is 19.1 Å². The van der Waals surface area contributed by atoms with Crippen LogP contribution in [0.15, 0.2) is 30.3 Å². The quantitative estimate of drug-likeness (QED) is 0.761. The largest absolute Gasteiger partial charge is 0.466 e. The average Bonchev–Trinajstić information content (AvgIpc) is 2.70. The van der Waals surface area contributed by atoms with Crippen LogP contribution in [0, 0.1) is 11.8 Å². The molecule has 2 unspecified atom stereocenters. The fourth-order valence-electron chi connectivity index (χ4n) is 4.23. The second-order valence-electron chi connectivity index (χ2n) is 7.36. The Balaban J connectivity index is 1.71. The second kappa shape index (κ2) is 8.55. The van der Waals surface area contributed by atoms with Gasteiger partial charge in [0.2, 0.25) is 11.8 Å². The molecule has 2 aliphatic heterocycles. The highest BCUT2D eigenvalue weighted by Crippen LogP contribution is 2.37. The lowest BCUT2D eigenvalue weighted by Gasteiger charge is -2.41. The molecular weight excluding hydrogens is 344 g/mol. The molecule has 0 aliphatic carbocycles. The van der Waals surface area contributed by atoms with E-state index in [1.165, 1.54) is 0 Å². The molecule has 2 heterocycles. The van der Waals surface area contributed by atoms with Crippen molar-refractivity contribution in [3.05, 3.63) is 35.9 Å². The van der Waals surface area contributed by atoms with E-state index in [0.717, 1.165) is 5.56 Å². The van der Waals surface area contributed by atoms with E-state index in [1.54, 1.807) is 18.9 Å². The molecule has 0 bridgehead atoms. The van der Waals surface area contributed by atoms with Crippen LogP contribution in [0.1, 0.15) is 44.2 Å². The van der Waals surface area contributed by atoms with Gasteiger partial charge in [0, 0.05) is 26.6 Å². The average molecular weight is 372 g/mol. The predicted octanol–water partition coefficient (Wildman–Crippen LogP) is 2.40. The molecule has 0 spiro atoms. The summed E-state index contributed by atoms with van der Waals surface area (Å²) in [5, 5.41) is 0. The third-order valence-corrected chi connectivity index (χ3v) is 5.75. The molecule has 0 aromatic heterocycles. The van der Waals surface area contributed by atoms with Gasteiger partial charge in [0.05, 0.1) is 24.5 Å². The van der Waals surface area contributed by atoms with E-state index >= 15 is 0 Å². The Kier molecular flexibility index (Phi) is 6.14. The maximum Gasteiger partial charge on any atom is 0.309 e. The van der Waals surface area contributed by atoms with E-state index < -0.39 is 0 Å². The van der Waals surface area contributed by atoms with Gasteiger partial charge in [0.25, 0.3) is 0 Å². The zero-order valence-corrected chi connectivity index (χ0v) is 16.1. The maximum absolute atomic E-state index is 13.3. The Labute approximate surface area is 160 Å². The maximum atomic E-state index is 13.3. The van der Waals surface area contributed by atoms with Gasteiger partial charge in [-0.3, -0.25) is 14.4 Å². The predicted molar refractivity (Wildman–Crippen MR) is 101 cm³/mol. The van der Waals surface area contributed by atoms with Gasteiger partial charge in [0.15, 0.2) is 0 Å². The first kappa shape index (κ1) is 19.4. The molecule has 2 atom stereocenters. The smallest absolute Gasteiger partial charge is 0.309 e. The Morgan fingerprint density at radius 3 is 2.41 bits per heavy atom. The van der Waals surface area contributed by atoms with Crippen LogP contribution in [0.5, 0.6) is 0 Å². The van der Waals surface area contributed by atoms with E-state index in [-0.39, 0.29) is 35.7 Å². The number of likely N-dealkylation sites (tertiary alicyclic amines) is 2. The number of hydrogen-bond donors (Lipinski definition) is 0. The van der Waals surface area contributed by atoms with Crippen molar-refractivity contribution >= 4 is 17.8 Å². The Morgan fingerprint density at radius 2 is 1.78 bits per heavy atom. The van der Waals surface area contributed by atoms with Gasteiger partial charge >= 0.3 is 5.97 Å². The molecule has 1 aromatic rings. The lowest BCUT2D eigenvalue weighted by molar-refractivity contribution is -0.154. The van der Waals surface area contributed by atoms with Crippen molar-refractivity contribution in [1.82, 2.24) is 9.80 Å². The first-order valence-electron chi connectivity index (χ1n) is 9.79. The van der Waals surface area contributed by atoms with Gasteiger partial charge in [-0.05, 0) is 31.7 Å². The van der Waals surface area contributed by atoms with E-state index in [2.05, 4.69) is 0 Å². The van der Waals surface area contributed by atoms with Gasteiger partial charge in [-0.2, -0.15) is 0 Å². The third-order valence-electron chi connectivity index (χ3n) is 5.75. The second-order valence-corrected chi connectivity index (χ2v) is 7.36. The first-order valence-corrected chi connectivity index (χ1v) is 9.79. The van der Waals surface area contributed by atoms with Crippen molar-refractivity contribution in [3.63, 3.8) is 0 Å². The minimum Gasteiger partial charge on any atom is -0.466 e. The zero-order chi connectivity index (χ0) is 19.4. The zero-order valence-electron chi connectivity index (χ0n) is 16.1. The molecule has 2 fully saturated rings. The molecule has 146 valence electrons. The molecule has 2 saturated heterocycles. The molecule has 2 amide bonds. The Hall–Kier alpha value is -2.37. The minimum absolute atomic E-state index is 0.0777. The van der Waals surface area contributed by atoms with Crippen molar-refractivity contribution in [2.45, 2.75) is 38.6 Å². The number of benzene rings is 1. The fourth-order valence-corrected chi connectivity index (χ4v) is 4.23. The summed E-state index contributed by atoms with van der Waals surface area (Å²) in [5.74, 6) is -0.349. The van der Waals surface area contributed by atoms with Gasteiger partial charge in [-0.25, -0.2) is 0 Å². The topological polar surface area (TPSA) is 66.9 Å². The standard InChI is InChI=1S/C21H28N2O4/c1-3-27-21(26)16-11-13-23(14-12-16)20(25)17-9-10-18(24)22(2)19(17)15-7-5-4-6-8-15/h4-8,16-17,19H,3,9-14H2,1-2H3.